The molecule has 2 aromatic heterocycles. The molecule has 8 heteroatoms. The number of methoxy groups -OCH3 is 2. The van der Waals surface area contributed by atoms with Crippen LogP contribution in [0.2, 0.25) is 5.02 Å². The number of nitrogens with one attached hydrogen (secondary N) is 1. The lowest BCUT2D eigenvalue weighted by Gasteiger charge is -2.17. The van der Waals surface area contributed by atoms with E-state index in [0.717, 1.165) is 27.7 Å². The van der Waals surface area contributed by atoms with Gasteiger partial charge in [-0.05, 0) is 25.8 Å². The molecule has 1 saturated carbocycles. The third kappa shape index (κ3) is 3.43. The van der Waals surface area contributed by atoms with Crippen molar-refractivity contribution in [1.29, 1.82) is 0 Å². The number of nitrogens with two attached hydrogens (primary N) is 1. The van der Waals surface area contributed by atoms with Gasteiger partial charge in [-0.15, -0.1) is 0 Å². The zero-order valence-electron chi connectivity index (χ0n) is 16.0. The maximum Gasteiger partial charge on any atom is 0.220 e. The SMILES string of the molecule is COc1cc(OC)c(Cl)c(-c2cc3cnc(N)nc3c(CNC3CC3)n2)c1C. The van der Waals surface area contributed by atoms with Crippen LogP contribution in [0.25, 0.3) is 22.2 Å². The Morgan fingerprint density at radius 3 is 2.61 bits per heavy atom. The number of aromatic nitrogens is 3. The van der Waals surface area contributed by atoms with Crippen LogP contribution in [0.4, 0.5) is 5.95 Å². The Balaban J connectivity index is 1.92. The quantitative estimate of drug-likeness (QED) is 0.654. The number of pyridine rings is 1. The van der Waals surface area contributed by atoms with Crippen molar-refractivity contribution in [2.45, 2.75) is 32.4 Å². The van der Waals surface area contributed by atoms with Crippen LogP contribution in [0, 0.1) is 6.92 Å². The molecule has 0 spiro atoms. The molecular formula is C20H22ClN5O2. The fraction of sp³-hybridized carbons (Fsp3) is 0.350. The van der Waals surface area contributed by atoms with Crippen molar-refractivity contribution >= 4 is 28.5 Å². The average Bonchev–Trinajstić information content (AvgIpc) is 3.51. The van der Waals surface area contributed by atoms with Crippen LogP contribution < -0.4 is 20.5 Å². The molecule has 0 bridgehead atoms. The van der Waals surface area contributed by atoms with Crippen LogP contribution in [-0.4, -0.2) is 35.2 Å². The molecule has 7 nitrogen and oxygen atoms in total. The highest BCUT2D eigenvalue weighted by Crippen LogP contribution is 2.42. The standard InChI is InChI=1S/C20H22ClN5O2/c1-10-15(27-2)7-16(28-3)18(21)17(10)13-6-11-8-24-20(22)26-19(11)14(25-13)9-23-12-4-5-12/h6-8,12,23H,4-5,9H2,1-3H3,(H2,22,24,26). The number of ether oxygens (including phenoxy) is 2. The molecule has 0 unspecified atom stereocenters. The Kier molecular flexibility index (Phi) is 4.95. The maximum absolute atomic E-state index is 6.66. The molecule has 0 amide bonds. The zero-order chi connectivity index (χ0) is 19.8. The number of fused-ring (bicyclic) bond motifs is 1. The summed E-state index contributed by atoms with van der Waals surface area (Å²) >= 11 is 6.66. The first kappa shape index (κ1) is 18.7. The van der Waals surface area contributed by atoms with Crippen molar-refractivity contribution < 1.29 is 9.47 Å². The average molecular weight is 400 g/mol. The van der Waals surface area contributed by atoms with Gasteiger partial charge in [0, 0.05) is 41.4 Å². The van der Waals surface area contributed by atoms with E-state index in [9.17, 15) is 0 Å². The van der Waals surface area contributed by atoms with Gasteiger partial charge >= 0.3 is 0 Å². The van der Waals surface area contributed by atoms with Crippen molar-refractivity contribution in [3.8, 4) is 22.8 Å². The van der Waals surface area contributed by atoms with Crippen molar-refractivity contribution in [2.24, 2.45) is 0 Å². The van der Waals surface area contributed by atoms with Crippen molar-refractivity contribution in [3.63, 3.8) is 0 Å². The highest BCUT2D eigenvalue weighted by Gasteiger charge is 2.23. The van der Waals surface area contributed by atoms with Crippen LogP contribution in [0.5, 0.6) is 11.5 Å². The summed E-state index contributed by atoms with van der Waals surface area (Å²) < 4.78 is 10.9. The van der Waals surface area contributed by atoms with E-state index < -0.39 is 0 Å². The molecule has 1 aliphatic carbocycles. The fourth-order valence-corrected chi connectivity index (χ4v) is 3.64. The molecule has 0 radical (unpaired) electrons. The molecule has 4 rings (SSSR count). The number of hydrogen-bond donors (Lipinski definition) is 2. The lowest BCUT2D eigenvalue weighted by atomic mass is 10.0. The monoisotopic (exact) mass is 399 g/mol. The molecule has 1 fully saturated rings. The minimum atomic E-state index is 0.229. The van der Waals surface area contributed by atoms with Gasteiger partial charge < -0.3 is 20.5 Å². The Morgan fingerprint density at radius 1 is 1.18 bits per heavy atom. The van der Waals surface area contributed by atoms with Crippen molar-refractivity contribution in [1.82, 2.24) is 20.3 Å². The first-order valence-electron chi connectivity index (χ1n) is 9.08. The number of anilines is 1. The van der Waals surface area contributed by atoms with Crippen LogP contribution in [0.3, 0.4) is 0 Å². The van der Waals surface area contributed by atoms with E-state index in [4.69, 9.17) is 31.8 Å². The first-order valence-corrected chi connectivity index (χ1v) is 9.46. The zero-order valence-corrected chi connectivity index (χ0v) is 16.8. The number of halogens is 1. The summed E-state index contributed by atoms with van der Waals surface area (Å²) in [7, 11) is 3.20. The van der Waals surface area contributed by atoms with Gasteiger partial charge in [0.25, 0.3) is 0 Å². The summed E-state index contributed by atoms with van der Waals surface area (Å²) in [6.45, 7) is 2.55. The van der Waals surface area contributed by atoms with Gasteiger partial charge in [0.2, 0.25) is 5.95 Å². The number of rotatable bonds is 6. The summed E-state index contributed by atoms with van der Waals surface area (Å²) in [5.41, 5.74) is 9.73. The topological polar surface area (TPSA) is 95.2 Å². The van der Waals surface area contributed by atoms with E-state index in [0.29, 0.717) is 34.8 Å². The van der Waals surface area contributed by atoms with E-state index >= 15 is 0 Å². The lowest BCUT2D eigenvalue weighted by molar-refractivity contribution is 0.393. The fourth-order valence-electron chi connectivity index (χ4n) is 3.27. The molecular weight excluding hydrogens is 378 g/mol. The highest BCUT2D eigenvalue weighted by molar-refractivity contribution is 6.35. The molecule has 1 aliphatic rings. The summed E-state index contributed by atoms with van der Waals surface area (Å²) in [6.07, 6.45) is 4.09. The number of nitrogen functional groups attached to an aromatic ring is 1. The molecule has 0 atom stereocenters. The second-order valence-corrected chi connectivity index (χ2v) is 7.25. The van der Waals surface area contributed by atoms with Crippen LogP contribution in [0.15, 0.2) is 18.3 Å². The third-order valence-corrected chi connectivity index (χ3v) is 5.31. The van der Waals surface area contributed by atoms with Crippen molar-refractivity contribution in [2.75, 3.05) is 20.0 Å². The van der Waals surface area contributed by atoms with E-state index in [-0.39, 0.29) is 5.95 Å². The minimum absolute atomic E-state index is 0.229. The molecule has 3 aromatic rings. The maximum atomic E-state index is 6.66. The van der Waals surface area contributed by atoms with Crippen LogP contribution >= 0.6 is 11.6 Å². The number of nitrogens with zero attached hydrogens (tertiary/aromatic N) is 3. The van der Waals surface area contributed by atoms with Gasteiger partial charge in [-0.3, -0.25) is 0 Å². The van der Waals surface area contributed by atoms with E-state index in [1.165, 1.54) is 12.8 Å². The molecule has 1 aromatic carbocycles. The smallest absolute Gasteiger partial charge is 0.220 e. The predicted molar refractivity (Wildman–Crippen MR) is 110 cm³/mol. The molecule has 2 heterocycles. The third-order valence-electron chi connectivity index (χ3n) is 4.93. The van der Waals surface area contributed by atoms with Gasteiger partial charge in [0.15, 0.2) is 0 Å². The Morgan fingerprint density at radius 2 is 1.93 bits per heavy atom. The van der Waals surface area contributed by atoms with Gasteiger partial charge in [-0.2, -0.15) is 0 Å². The minimum Gasteiger partial charge on any atom is -0.496 e. The largest absolute Gasteiger partial charge is 0.496 e. The summed E-state index contributed by atoms with van der Waals surface area (Å²) in [6, 6.07) is 4.24. The number of benzene rings is 1. The van der Waals surface area contributed by atoms with E-state index in [1.54, 1.807) is 26.5 Å². The second-order valence-electron chi connectivity index (χ2n) is 6.87. The Bertz CT molecular complexity index is 1020. The Labute approximate surface area is 168 Å². The summed E-state index contributed by atoms with van der Waals surface area (Å²) in [5.74, 6) is 1.45. The molecule has 28 heavy (non-hydrogen) atoms. The molecule has 0 saturated heterocycles. The first-order chi connectivity index (χ1) is 13.5. The highest BCUT2D eigenvalue weighted by atomic mass is 35.5. The normalized spacial score (nSPS) is 13.7. The van der Waals surface area contributed by atoms with Gasteiger partial charge in [0.05, 0.1) is 36.1 Å². The second kappa shape index (κ2) is 7.41. The van der Waals surface area contributed by atoms with Gasteiger partial charge in [-0.1, -0.05) is 11.6 Å². The molecule has 3 N–H and O–H groups in total. The van der Waals surface area contributed by atoms with Crippen molar-refractivity contribution in [3.05, 3.63) is 34.6 Å². The van der Waals surface area contributed by atoms with Gasteiger partial charge in [0.1, 0.15) is 11.5 Å². The van der Waals surface area contributed by atoms with E-state index in [2.05, 4.69) is 15.3 Å². The summed E-state index contributed by atoms with van der Waals surface area (Å²) in [5, 5.41) is 4.83. The molecule has 0 aliphatic heterocycles. The predicted octanol–water partition coefficient (Wildman–Crippen LogP) is 3.51. The van der Waals surface area contributed by atoms with Crippen LogP contribution in [0.1, 0.15) is 24.1 Å². The van der Waals surface area contributed by atoms with Gasteiger partial charge in [-0.25, -0.2) is 15.0 Å². The summed E-state index contributed by atoms with van der Waals surface area (Å²) in [4.78, 5) is 13.4. The number of hydrogen-bond acceptors (Lipinski definition) is 7. The van der Waals surface area contributed by atoms with E-state index in [1.807, 2.05) is 13.0 Å². The van der Waals surface area contributed by atoms with Crippen LogP contribution in [-0.2, 0) is 6.54 Å². The lowest BCUT2D eigenvalue weighted by Crippen LogP contribution is -2.17. The Hall–Kier alpha value is -2.64. The molecule has 146 valence electrons.